The van der Waals surface area contributed by atoms with Gasteiger partial charge >= 0.3 is 0 Å². The second kappa shape index (κ2) is 6.40. The summed E-state index contributed by atoms with van der Waals surface area (Å²) >= 11 is 0. The summed E-state index contributed by atoms with van der Waals surface area (Å²) in [5, 5.41) is 3.11. The molecule has 0 radical (unpaired) electrons. The van der Waals surface area contributed by atoms with Crippen LogP contribution in [0.1, 0.15) is 5.69 Å². The van der Waals surface area contributed by atoms with Crippen LogP contribution in [0.5, 0.6) is 0 Å². The maximum atomic E-state index is 13.1. The number of aromatic nitrogens is 1. The van der Waals surface area contributed by atoms with Crippen molar-refractivity contribution in [3.8, 4) is 11.5 Å². The molecule has 0 bridgehead atoms. The van der Waals surface area contributed by atoms with Gasteiger partial charge in [-0.15, -0.1) is 0 Å². The fourth-order valence-electron chi connectivity index (χ4n) is 1.54. The summed E-state index contributed by atoms with van der Waals surface area (Å²) in [6.07, 6.45) is 1.48. The molecule has 0 aliphatic heterocycles. The predicted molar refractivity (Wildman–Crippen MR) is 65.4 cm³/mol. The highest BCUT2D eigenvalue weighted by Gasteiger charge is 2.09. The monoisotopic (exact) mass is 268 g/mol. The Kier molecular flexibility index (Phi) is 4.59. The summed E-state index contributed by atoms with van der Waals surface area (Å²) in [6.45, 7) is 1.83. The minimum atomic E-state index is -0.921. The van der Waals surface area contributed by atoms with Crippen LogP contribution in [0.25, 0.3) is 11.5 Å². The molecule has 0 unspecified atom stereocenters. The Balaban J connectivity index is 2.01. The SMILES string of the molecule is COCCNCc1coc(-c2ccc(F)c(F)c2)n1. The van der Waals surface area contributed by atoms with E-state index < -0.39 is 11.6 Å². The third-order valence-corrected chi connectivity index (χ3v) is 2.51. The minimum absolute atomic E-state index is 0.266. The van der Waals surface area contributed by atoms with Crippen molar-refractivity contribution in [1.29, 1.82) is 0 Å². The highest BCUT2D eigenvalue weighted by Crippen LogP contribution is 2.20. The first kappa shape index (κ1) is 13.6. The van der Waals surface area contributed by atoms with Gasteiger partial charge in [0.2, 0.25) is 5.89 Å². The number of hydrogen-bond acceptors (Lipinski definition) is 4. The van der Waals surface area contributed by atoms with Gasteiger partial charge in [0, 0.05) is 25.8 Å². The van der Waals surface area contributed by atoms with E-state index in [2.05, 4.69) is 10.3 Å². The fraction of sp³-hybridized carbons (Fsp3) is 0.308. The molecular weight excluding hydrogens is 254 g/mol. The second-order valence-corrected chi connectivity index (χ2v) is 3.94. The molecule has 1 aromatic heterocycles. The molecule has 4 nitrogen and oxygen atoms in total. The second-order valence-electron chi connectivity index (χ2n) is 3.94. The third kappa shape index (κ3) is 3.59. The molecule has 0 saturated heterocycles. The van der Waals surface area contributed by atoms with Crippen molar-refractivity contribution in [2.45, 2.75) is 6.54 Å². The highest BCUT2D eigenvalue weighted by molar-refractivity contribution is 5.53. The summed E-state index contributed by atoms with van der Waals surface area (Å²) in [5.74, 6) is -1.55. The number of halogens is 2. The zero-order valence-electron chi connectivity index (χ0n) is 10.5. The van der Waals surface area contributed by atoms with Crippen molar-refractivity contribution in [3.63, 3.8) is 0 Å². The van der Waals surface area contributed by atoms with Crippen molar-refractivity contribution in [3.05, 3.63) is 41.8 Å². The first-order valence-electron chi connectivity index (χ1n) is 5.80. The van der Waals surface area contributed by atoms with Crippen molar-refractivity contribution in [2.24, 2.45) is 0 Å². The zero-order valence-corrected chi connectivity index (χ0v) is 10.5. The van der Waals surface area contributed by atoms with E-state index in [1.807, 2.05) is 0 Å². The quantitative estimate of drug-likeness (QED) is 0.817. The van der Waals surface area contributed by atoms with Gasteiger partial charge in [-0.05, 0) is 18.2 Å². The summed E-state index contributed by atoms with van der Waals surface area (Å²) in [7, 11) is 1.62. The Morgan fingerprint density at radius 2 is 2.16 bits per heavy atom. The number of benzene rings is 1. The lowest BCUT2D eigenvalue weighted by atomic mass is 10.2. The molecule has 1 aromatic carbocycles. The van der Waals surface area contributed by atoms with Gasteiger partial charge in [0.1, 0.15) is 6.26 Å². The Morgan fingerprint density at radius 1 is 1.32 bits per heavy atom. The Bertz CT molecular complexity index is 543. The summed E-state index contributed by atoms with van der Waals surface area (Å²) < 4.78 is 36.0. The van der Waals surface area contributed by atoms with Gasteiger partial charge in [-0.25, -0.2) is 13.8 Å². The van der Waals surface area contributed by atoms with Gasteiger partial charge in [0.25, 0.3) is 0 Å². The molecule has 0 atom stereocenters. The normalized spacial score (nSPS) is 10.9. The van der Waals surface area contributed by atoms with Crippen molar-refractivity contribution < 1.29 is 17.9 Å². The zero-order chi connectivity index (χ0) is 13.7. The number of ether oxygens (including phenoxy) is 1. The molecule has 1 heterocycles. The largest absolute Gasteiger partial charge is 0.444 e. The molecule has 1 N–H and O–H groups in total. The average molecular weight is 268 g/mol. The van der Waals surface area contributed by atoms with Crippen LogP contribution < -0.4 is 5.32 Å². The van der Waals surface area contributed by atoms with E-state index in [9.17, 15) is 8.78 Å². The number of oxazole rings is 1. The van der Waals surface area contributed by atoms with Crippen LogP contribution in [0.15, 0.2) is 28.9 Å². The van der Waals surface area contributed by atoms with Crippen LogP contribution >= 0.6 is 0 Å². The maximum Gasteiger partial charge on any atom is 0.226 e. The Labute approximate surface area is 109 Å². The van der Waals surface area contributed by atoms with E-state index in [1.54, 1.807) is 7.11 Å². The standard InChI is InChI=1S/C13H14F2N2O2/c1-18-5-4-16-7-10-8-19-13(17-10)9-2-3-11(14)12(15)6-9/h2-3,6,8,16H,4-5,7H2,1H3. The fourth-order valence-corrected chi connectivity index (χ4v) is 1.54. The highest BCUT2D eigenvalue weighted by atomic mass is 19.2. The number of nitrogens with zero attached hydrogens (tertiary/aromatic N) is 1. The van der Waals surface area contributed by atoms with Crippen LogP contribution in [0.3, 0.4) is 0 Å². The van der Waals surface area contributed by atoms with Crippen molar-refractivity contribution in [1.82, 2.24) is 10.3 Å². The molecule has 0 saturated carbocycles. The summed E-state index contributed by atoms with van der Waals surface area (Å²) in [4.78, 5) is 4.19. The molecule has 0 amide bonds. The van der Waals surface area contributed by atoms with E-state index in [-0.39, 0.29) is 5.89 Å². The number of rotatable bonds is 6. The Morgan fingerprint density at radius 3 is 2.89 bits per heavy atom. The first-order valence-corrected chi connectivity index (χ1v) is 5.80. The third-order valence-electron chi connectivity index (χ3n) is 2.51. The van der Waals surface area contributed by atoms with E-state index in [4.69, 9.17) is 9.15 Å². The lowest BCUT2D eigenvalue weighted by molar-refractivity contribution is 0.199. The van der Waals surface area contributed by atoms with Gasteiger partial charge in [0.15, 0.2) is 11.6 Å². The van der Waals surface area contributed by atoms with Crippen molar-refractivity contribution >= 4 is 0 Å². The molecular formula is C13H14F2N2O2. The van der Waals surface area contributed by atoms with E-state index >= 15 is 0 Å². The van der Waals surface area contributed by atoms with Crippen LogP contribution in [0.4, 0.5) is 8.78 Å². The maximum absolute atomic E-state index is 13.1. The van der Waals surface area contributed by atoms with Crippen LogP contribution in [-0.2, 0) is 11.3 Å². The number of hydrogen-bond donors (Lipinski definition) is 1. The molecule has 102 valence electrons. The molecule has 0 spiro atoms. The van der Waals surface area contributed by atoms with Gasteiger partial charge < -0.3 is 14.5 Å². The summed E-state index contributed by atoms with van der Waals surface area (Å²) in [5.41, 5.74) is 1.10. The van der Waals surface area contributed by atoms with Crippen molar-refractivity contribution in [2.75, 3.05) is 20.3 Å². The van der Waals surface area contributed by atoms with E-state index in [0.29, 0.717) is 31.0 Å². The summed E-state index contributed by atoms with van der Waals surface area (Å²) in [6, 6.07) is 3.53. The Hall–Kier alpha value is -1.79. The minimum Gasteiger partial charge on any atom is -0.444 e. The molecule has 0 aliphatic rings. The van der Waals surface area contributed by atoms with Gasteiger partial charge in [-0.3, -0.25) is 0 Å². The van der Waals surface area contributed by atoms with Crippen LogP contribution in [0, 0.1) is 11.6 Å². The molecule has 19 heavy (non-hydrogen) atoms. The molecule has 0 fully saturated rings. The average Bonchev–Trinajstić information content (AvgIpc) is 2.87. The number of nitrogens with one attached hydrogen (secondary N) is 1. The molecule has 0 aliphatic carbocycles. The molecule has 2 rings (SSSR count). The molecule has 2 aromatic rings. The van der Waals surface area contributed by atoms with E-state index in [0.717, 1.165) is 12.1 Å². The topological polar surface area (TPSA) is 47.3 Å². The lowest BCUT2D eigenvalue weighted by Crippen LogP contribution is -2.18. The smallest absolute Gasteiger partial charge is 0.226 e. The first-order chi connectivity index (χ1) is 9.20. The van der Waals surface area contributed by atoms with Crippen LogP contribution in [-0.4, -0.2) is 25.2 Å². The van der Waals surface area contributed by atoms with Gasteiger partial charge in [-0.1, -0.05) is 0 Å². The van der Waals surface area contributed by atoms with Crippen LogP contribution in [0.2, 0.25) is 0 Å². The number of methoxy groups -OCH3 is 1. The van der Waals surface area contributed by atoms with E-state index in [1.165, 1.54) is 12.3 Å². The lowest BCUT2D eigenvalue weighted by Gasteiger charge is -2.00. The predicted octanol–water partition coefficient (Wildman–Crippen LogP) is 2.36. The molecule has 6 heteroatoms. The van der Waals surface area contributed by atoms with Gasteiger partial charge in [0.05, 0.1) is 12.3 Å². The van der Waals surface area contributed by atoms with Gasteiger partial charge in [-0.2, -0.15) is 0 Å².